The van der Waals surface area contributed by atoms with Gasteiger partial charge < -0.3 is 0 Å². The summed E-state index contributed by atoms with van der Waals surface area (Å²) in [6, 6.07) is 6.44. The lowest BCUT2D eigenvalue weighted by Gasteiger charge is -1.96. The fourth-order valence-electron chi connectivity index (χ4n) is 1.44. The number of benzene rings is 1. The summed E-state index contributed by atoms with van der Waals surface area (Å²) in [5.74, 6) is 0. The molecule has 2 aromatic rings. The van der Waals surface area contributed by atoms with Crippen molar-refractivity contribution in [1.29, 1.82) is 0 Å². The van der Waals surface area contributed by atoms with E-state index in [1.54, 1.807) is 0 Å². The van der Waals surface area contributed by atoms with Gasteiger partial charge in [0.25, 0.3) is 0 Å². The Kier molecular flexibility index (Phi) is 1.82. The Morgan fingerprint density at radius 2 is 2.33 bits per heavy atom. The molecule has 0 bridgehead atoms. The van der Waals surface area contributed by atoms with Crippen LogP contribution < -0.4 is 0 Å². The van der Waals surface area contributed by atoms with Gasteiger partial charge in [0.15, 0.2) is 0 Å². The number of H-pyrrole nitrogens is 1. The van der Waals surface area contributed by atoms with Gasteiger partial charge >= 0.3 is 0 Å². The van der Waals surface area contributed by atoms with Crippen molar-refractivity contribution in [2.45, 2.75) is 19.8 Å². The van der Waals surface area contributed by atoms with E-state index in [0.717, 1.165) is 11.9 Å². The van der Waals surface area contributed by atoms with Crippen LogP contribution in [0.2, 0.25) is 0 Å². The van der Waals surface area contributed by atoms with E-state index in [4.69, 9.17) is 0 Å². The summed E-state index contributed by atoms with van der Waals surface area (Å²) in [5, 5.41) is 8.13. The highest BCUT2D eigenvalue weighted by Gasteiger charge is 1.96. The minimum atomic E-state index is 1.12. The van der Waals surface area contributed by atoms with Gasteiger partial charge in [-0.25, -0.2) is 0 Å². The average Bonchev–Trinajstić information content (AvgIpc) is 2.51. The van der Waals surface area contributed by atoms with E-state index in [-0.39, 0.29) is 0 Å². The van der Waals surface area contributed by atoms with Crippen molar-refractivity contribution in [2.24, 2.45) is 0 Å². The zero-order valence-corrected chi connectivity index (χ0v) is 7.17. The van der Waals surface area contributed by atoms with Gasteiger partial charge in [0.2, 0.25) is 0 Å². The number of aromatic amines is 1. The zero-order valence-electron chi connectivity index (χ0n) is 7.17. The van der Waals surface area contributed by atoms with E-state index < -0.39 is 0 Å². The SMILES string of the molecule is CCCc1ccc2[nH]ncc2c1. The van der Waals surface area contributed by atoms with E-state index in [9.17, 15) is 0 Å². The molecule has 1 heterocycles. The lowest BCUT2D eigenvalue weighted by Crippen LogP contribution is -1.81. The fraction of sp³-hybridized carbons (Fsp3) is 0.300. The predicted octanol–water partition coefficient (Wildman–Crippen LogP) is 2.52. The lowest BCUT2D eigenvalue weighted by atomic mass is 10.1. The lowest BCUT2D eigenvalue weighted by molar-refractivity contribution is 0.924. The molecule has 2 rings (SSSR count). The third kappa shape index (κ3) is 1.20. The Balaban J connectivity index is 2.46. The van der Waals surface area contributed by atoms with E-state index in [1.165, 1.54) is 17.4 Å². The van der Waals surface area contributed by atoms with Gasteiger partial charge in [-0.15, -0.1) is 0 Å². The van der Waals surface area contributed by atoms with E-state index in [2.05, 4.69) is 35.3 Å². The highest BCUT2D eigenvalue weighted by Crippen LogP contribution is 2.13. The smallest absolute Gasteiger partial charge is 0.0650 e. The minimum Gasteiger partial charge on any atom is -0.278 e. The highest BCUT2D eigenvalue weighted by molar-refractivity contribution is 5.78. The quantitative estimate of drug-likeness (QED) is 0.718. The van der Waals surface area contributed by atoms with Crippen molar-refractivity contribution in [3.8, 4) is 0 Å². The van der Waals surface area contributed by atoms with Crippen molar-refractivity contribution in [3.05, 3.63) is 30.0 Å². The second-order valence-corrected chi connectivity index (χ2v) is 3.04. The Hall–Kier alpha value is -1.31. The summed E-state index contributed by atoms with van der Waals surface area (Å²) in [5.41, 5.74) is 2.52. The molecule has 1 aromatic heterocycles. The molecular formula is C10H12N2. The van der Waals surface area contributed by atoms with Crippen molar-refractivity contribution < 1.29 is 0 Å². The van der Waals surface area contributed by atoms with Gasteiger partial charge in [0, 0.05) is 5.39 Å². The highest BCUT2D eigenvalue weighted by atomic mass is 15.1. The summed E-state index contributed by atoms with van der Waals surface area (Å²) < 4.78 is 0. The first kappa shape index (κ1) is 7.35. The summed E-state index contributed by atoms with van der Waals surface area (Å²) >= 11 is 0. The van der Waals surface area contributed by atoms with Crippen LogP contribution in [0.15, 0.2) is 24.4 Å². The third-order valence-corrected chi connectivity index (χ3v) is 2.04. The standard InChI is InChI=1S/C10H12N2/c1-2-3-8-4-5-10-9(6-8)7-11-12-10/h4-7H,2-3H2,1H3,(H,11,12). The molecule has 12 heavy (non-hydrogen) atoms. The first-order chi connectivity index (χ1) is 5.90. The number of hydrogen-bond acceptors (Lipinski definition) is 1. The predicted molar refractivity (Wildman–Crippen MR) is 50.1 cm³/mol. The molecule has 1 aromatic carbocycles. The molecule has 0 saturated heterocycles. The van der Waals surface area contributed by atoms with Crippen LogP contribution in [0.4, 0.5) is 0 Å². The number of hydrogen-bond donors (Lipinski definition) is 1. The molecule has 0 fully saturated rings. The molecule has 0 radical (unpaired) electrons. The number of rotatable bonds is 2. The van der Waals surface area contributed by atoms with Gasteiger partial charge in [-0.3, -0.25) is 5.10 Å². The van der Waals surface area contributed by atoms with Crippen molar-refractivity contribution in [3.63, 3.8) is 0 Å². The first-order valence-corrected chi connectivity index (χ1v) is 4.32. The Morgan fingerprint density at radius 3 is 3.17 bits per heavy atom. The minimum absolute atomic E-state index is 1.12. The average molecular weight is 160 g/mol. The van der Waals surface area contributed by atoms with E-state index in [1.807, 2.05) is 6.20 Å². The third-order valence-electron chi connectivity index (χ3n) is 2.04. The molecule has 0 saturated carbocycles. The largest absolute Gasteiger partial charge is 0.278 e. The summed E-state index contributed by atoms with van der Waals surface area (Å²) in [6.45, 7) is 2.19. The van der Waals surface area contributed by atoms with Crippen molar-refractivity contribution in [2.75, 3.05) is 0 Å². The van der Waals surface area contributed by atoms with Crippen LogP contribution in [0.3, 0.4) is 0 Å². The maximum Gasteiger partial charge on any atom is 0.0650 e. The molecule has 0 atom stereocenters. The molecule has 0 aliphatic rings. The number of aryl methyl sites for hydroxylation is 1. The topological polar surface area (TPSA) is 28.7 Å². The molecule has 2 heteroatoms. The van der Waals surface area contributed by atoms with Crippen LogP contribution in [0.25, 0.3) is 10.9 Å². The molecule has 62 valence electrons. The van der Waals surface area contributed by atoms with Crippen molar-refractivity contribution in [1.82, 2.24) is 10.2 Å². The van der Waals surface area contributed by atoms with Crippen LogP contribution in [-0.2, 0) is 6.42 Å². The van der Waals surface area contributed by atoms with Gasteiger partial charge in [0.05, 0.1) is 11.7 Å². The van der Waals surface area contributed by atoms with Gasteiger partial charge in [-0.2, -0.15) is 5.10 Å². The number of aromatic nitrogens is 2. The van der Waals surface area contributed by atoms with Crippen LogP contribution in [0.5, 0.6) is 0 Å². The molecule has 0 aliphatic heterocycles. The monoisotopic (exact) mass is 160 g/mol. The fourth-order valence-corrected chi connectivity index (χ4v) is 1.44. The van der Waals surface area contributed by atoms with Crippen LogP contribution in [0, 0.1) is 0 Å². The van der Waals surface area contributed by atoms with Gasteiger partial charge in [0.1, 0.15) is 0 Å². The van der Waals surface area contributed by atoms with Crippen molar-refractivity contribution >= 4 is 10.9 Å². The summed E-state index contributed by atoms with van der Waals surface area (Å²) in [4.78, 5) is 0. The summed E-state index contributed by atoms with van der Waals surface area (Å²) in [7, 11) is 0. The Bertz CT molecular complexity index is 376. The van der Waals surface area contributed by atoms with E-state index >= 15 is 0 Å². The maximum atomic E-state index is 3.98. The molecular weight excluding hydrogens is 148 g/mol. The molecule has 0 unspecified atom stereocenters. The molecule has 2 nitrogen and oxygen atoms in total. The number of nitrogens with zero attached hydrogens (tertiary/aromatic N) is 1. The van der Waals surface area contributed by atoms with Crippen LogP contribution in [-0.4, -0.2) is 10.2 Å². The molecule has 1 N–H and O–H groups in total. The van der Waals surface area contributed by atoms with E-state index in [0.29, 0.717) is 0 Å². The Morgan fingerprint density at radius 1 is 1.42 bits per heavy atom. The summed E-state index contributed by atoms with van der Waals surface area (Å²) in [6.07, 6.45) is 4.22. The molecule has 0 aliphatic carbocycles. The first-order valence-electron chi connectivity index (χ1n) is 4.32. The number of fused-ring (bicyclic) bond motifs is 1. The van der Waals surface area contributed by atoms with Gasteiger partial charge in [-0.1, -0.05) is 19.4 Å². The van der Waals surface area contributed by atoms with Crippen LogP contribution in [0.1, 0.15) is 18.9 Å². The Labute approximate surface area is 71.6 Å². The zero-order chi connectivity index (χ0) is 8.39. The second kappa shape index (κ2) is 2.97. The molecule has 0 spiro atoms. The normalized spacial score (nSPS) is 10.8. The van der Waals surface area contributed by atoms with Gasteiger partial charge in [-0.05, 0) is 24.1 Å². The van der Waals surface area contributed by atoms with Crippen LogP contribution >= 0.6 is 0 Å². The second-order valence-electron chi connectivity index (χ2n) is 3.04. The number of nitrogens with one attached hydrogen (secondary N) is 1. The molecule has 0 amide bonds. The maximum absolute atomic E-state index is 3.98.